The van der Waals surface area contributed by atoms with Gasteiger partial charge in [-0.3, -0.25) is 4.79 Å². The molecule has 0 unspecified atom stereocenters. The molecule has 0 radical (unpaired) electrons. The smallest absolute Gasteiger partial charge is 0.375 e. The third-order valence-corrected chi connectivity index (χ3v) is 4.89. The second-order valence-corrected chi connectivity index (χ2v) is 6.82. The van der Waals surface area contributed by atoms with Gasteiger partial charge in [-0.2, -0.15) is 0 Å². The summed E-state index contributed by atoms with van der Waals surface area (Å²) in [4.78, 5) is 24.1. The minimum atomic E-state index is -0.846. The van der Waals surface area contributed by atoms with Gasteiger partial charge in [-0.25, -0.2) is 4.79 Å². The molecule has 1 N–H and O–H groups in total. The first-order valence-electron chi connectivity index (χ1n) is 7.65. The molecule has 1 aliphatic rings. The maximum atomic E-state index is 12.2. The Hall–Kier alpha value is -1.30. The Balaban J connectivity index is 1.88. The summed E-state index contributed by atoms with van der Waals surface area (Å²) in [6.07, 6.45) is 2.44. The summed E-state index contributed by atoms with van der Waals surface area (Å²) >= 11 is 3.12. The van der Waals surface area contributed by atoms with Crippen LogP contribution in [0, 0.1) is 11.8 Å². The lowest BCUT2D eigenvalue weighted by molar-refractivity contribution is -0.130. The minimum Gasteiger partial charge on any atom is -0.447 e. The normalized spacial score (nSPS) is 26.3. The molecule has 1 heterocycles. The molecule has 0 aliphatic heterocycles. The number of rotatable bonds is 4. The summed E-state index contributed by atoms with van der Waals surface area (Å²) in [5, 5.41) is 3.00. The van der Waals surface area contributed by atoms with Crippen LogP contribution in [0.2, 0.25) is 0 Å². The minimum absolute atomic E-state index is 0.0752. The van der Waals surface area contributed by atoms with Crippen LogP contribution >= 0.6 is 15.9 Å². The lowest BCUT2D eigenvalue weighted by atomic mass is 9.78. The maximum absolute atomic E-state index is 12.2. The van der Waals surface area contributed by atoms with E-state index in [1.807, 2.05) is 0 Å². The average Bonchev–Trinajstić information content (AvgIpc) is 2.90. The fourth-order valence-electron chi connectivity index (χ4n) is 2.78. The third-order valence-electron chi connectivity index (χ3n) is 4.46. The van der Waals surface area contributed by atoms with E-state index in [9.17, 15) is 9.59 Å². The van der Waals surface area contributed by atoms with Crippen molar-refractivity contribution < 1.29 is 18.7 Å². The van der Waals surface area contributed by atoms with E-state index in [-0.39, 0.29) is 17.7 Å². The molecule has 1 aromatic rings. The van der Waals surface area contributed by atoms with E-state index in [4.69, 9.17) is 9.15 Å². The number of furan rings is 1. The topological polar surface area (TPSA) is 68.5 Å². The number of hydrogen-bond acceptors (Lipinski definition) is 4. The van der Waals surface area contributed by atoms with Gasteiger partial charge in [0, 0.05) is 6.04 Å². The number of halogens is 1. The number of carbonyl (C=O) groups excluding carboxylic acids is 2. The van der Waals surface area contributed by atoms with E-state index in [0.29, 0.717) is 16.5 Å². The van der Waals surface area contributed by atoms with E-state index < -0.39 is 12.1 Å². The molecule has 1 aliphatic carbocycles. The highest BCUT2D eigenvalue weighted by molar-refractivity contribution is 9.10. The Bertz CT molecular complexity index is 542. The van der Waals surface area contributed by atoms with Crippen molar-refractivity contribution in [3.05, 3.63) is 22.6 Å². The second kappa shape index (κ2) is 7.31. The predicted molar refractivity (Wildman–Crippen MR) is 85.4 cm³/mol. The summed E-state index contributed by atoms with van der Waals surface area (Å²) in [6.45, 7) is 5.94. The number of amides is 1. The first kappa shape index (κ1) is 17.1. The van der Waals surface area contributed by atoms with Gasteiger partial charge in [-0.15, -0.1) is 0 Å². The first-order chi connectivity index (χ1) is 10.4. The Labute approximate surface area is 138 Å². The molecule has 6 heteroatoms. The SMILES string of the molecule is C[C@H]1[C@@H](NC(=O)[C@@H](C)OC(=O)c2ccc(Br)o2)CCC[C@@H]1C. The monoisotopic (exact) mass is 371 g/mol. The summed E-state index contributed by atoms with van der Waals surface area (Å²) in [6, 6.07) is 3.25. The first-order valence-corrected chi connectivity index (χ1v) is 8.44. The Morgan fingerprint density at radius 1 is 1.36 bits per heavy atom. The molecular formula is C16H22BrNO4. The van der Waals surface area contributed by atoms with E-state index in [1.54, 1.807) is 13.0 Å². The van der Waals surface area contributed by atoms with Crippen LogP contribution in [0.5, 0.6) is 0 Å². The van der Waals surface area contributed by atoms with Crippen molar-refractivity contribution in [1.29, 1.82) is 0 Å². The van der Waals surface area contributed by atoms with Crippen molar-refractivity contribution in [3.8, 4) is 0 Å². The van der Waals surface area contributed by atoms with Gasteiger partial charge in [-0.1, -0.05) is 26.7 Å². The van der Waals surface area contributed by atoms with Crippen LogP contribution in [0.15, 0.2) is 21.2 Å². The van der Waals surface area contributed by atoms with Crippen LogP contribution in [0.3, 0.4) is 0 Å². The molecule has 5 nitrogen and oxygen atoms in total. The van der Waals surface area contributed by atoms with Gasteiger partial charge >= 0.3 is 5.97 Å². The summed E-state index contributed by atoms with van der Waals surface area (Å²) in [7, 11) is 0. The van der Waals surface area contributed by atoms with Crippen molar-refractivity contribution in [1.82, 2.24) is 5.32 Å². The lowest BCUT2D eigenvalue weighted by Gasteiger charge is -2.35. The van der Waals surface area contributed by atoms with E-state index >= 15 is 0 Å². The summed E-state index contributed by atoms with van der Waals surface area (Å²) in [5.41, 5.74) is 0. The molecule has 122 valence electrons. The van der Waals surface area contributed by atoms with Gasteiger partial charge in [0.15, 0.2) is 10.8 Å². The van der Waals surface area contributed by atoms with Crippen LogP contribution in [0.1, 0.15) is 50.6 Å². The molecule has 0 aromatic carbocycles. The molecule has 0 saturated heterocycles. The molecule has 4 atom stereocenters. The van der Waals surface area contributed by atoms with Gasteiger partial charge in [0.1, 0.15) is 0 Å². The molecule has 1 fully saturated rings. The highest BCUT2D eigenvalue weighted by atomic mass is 79.9. The molecule has 1 saturated carbocycles. The van der Waals surface area contributed by atoms with Crippen molar-refractivity contribution in [3.63, 3.8) is 0 Å². The zero-order valence-electron chi connectivity index (χ0n) is 13.1. The van der Waals surface area contributed by atoms with Crippen molar-refractivity contribution in [2.24, 2.45) is 11.8 Å². The van der Waals surface area contributed by atoms with Crippen LogP contribution in [-0.4, -0.2) is 24.0 Å². The Morgan fingerprint density at radius 3 is 2.73 bits per heavy atom. The molecule has 22 heavy (non-hydrogen) atoms. The van der Waals surface area contributed by atoms with E-state index in [2.05, 4.69) is 35.1 Å². The molecular weight excluding hydrogens is 350 g/mol. The molecule has 1 amide bonds. The number of ether oxygens (including phenoxy) is 1. The van der Waals surface area contributed by atoms with Crippen LogP contribution < -0.4 is 5.32 Å². The Morgan fingerprint density at radius 2 is 2.09 bits per heavy atom. The zero-order chi connectivity index (χ0) is 16.3. The van der Waals surface area contributed by atoms with Crippen molar-refractivity contribution in [2.45, 2.75) is 52.2 Å². The average molecular weight is 372 g/mol. The standard InChI is InChI=1S/C16H22BrNO4/c1-9-5-4-6-12(10(9)2)18-15(19)11(3)21-16(20)13-7-8-14(17)22-13/h7-12H,4-6H2,1-3H3,(H,18,19)/t9-,10+,11+,12-/m0/s1. The van der Waals surface area contributed by atoms with Crippen molar-refractivity contribution in [2.75, 3.05) is 0 Å². The Kier molecular flexibility index (Phi) is 5.67. The summed E-state index contributed by atoms with van der Waals surface area (Å²) in [5.74, 6) is 0.202. The molecule has 0 bridgehead atoms. The van der Waals surface area contributed by atoms with Crippen molar-refractivity contribution >= 4 is 27.8 Å². The lowest BCUT2D eigenvalue weighted by Crippen LogP contribution is -2.47. The number of esters is 1. The second-order valence-electron chi connectivity index (χ2n) is 6.03. The van der Waals surface area contributed by atoms with Crippen LogP contribution in [-0.2, 0) is 9.53 Å². The number of nitrogens with one attached hydrogen (secondary N) is 1. The fourth-order valence-corrected chi connectivity index (χ4v) is 3.09. The fraction of sp³-hybridized carbons (Fsp3) is 0.625. The van der Waals surface area contributed by atoms with Gasteiger partial charge in [0.05, 0.1) is 0 Å². The highest BCUT2D eigenvalue weighted by Crippen LogP contribution is 2.29. The van der Waals surface area contributed by atoms with Crippen LogP contribution in [0.25, 0.3) is 0 Å². The van der Waals surface area contributed by atoms with Crippen LogP contribution in [0.4, 0.5) is 0 Å². The molecule has 1 aromatic heterocycles. The molecule has 0 spiro atoms. The van der Waals surface area contributed by atoms with Gasteiger partial charge in [0.2, 0.25) is 5.76 Å². The molecule has 2 rings (SSSR count). The number of hydrogen-bond donors (Lipinski definition) is 1. The van der Waals surface area contributed by atoms with E-state index in [0.717, 1.165) is 12.8 Å². The maximum Gasteiger partial charge on any atom is 0.375 e. The van der Waals surface area contributed by atoms with E-state index in [1.165, 1.54) is 12.5 Å². The van der Waals surface area contributed by atoms with Gasteiger partial charge in [-0.05, 0) is 53.2 Å². The third kappa shape index (κ3) is 4.12. The summed E-state index contributed by atoms with van der Waals surface area (Å²) < 4.78 is 10.7. The highest BCUT2D eigenvalue weighted by Gasteiger charge is 2.30. The largest absolute Gasteiger partial charge is 0.447 e. The van der Waals surface area contributed by atoms with Gasteiger partial charge in [0.25, 0.3) is 5.91 Å². The number of carbonyl (C=O) groups is 2. The van der Waals surface area contributed by atoms with Gasteiger partial charge < -0.3 is 14.5 Å². The quantitative estimate of drug-likeness (QED) is 0.821. The zero-order valence-corrected chi connectivity index (χ0v) is 14.7. The predicted octanol–water partition coefficient (Wildman–Crippen LogP) is 3.53.